The van der Waals surface area contributed by atoms with Gasteiger partial charge in [-0.3, -0.25) is 14.1 Å². The normalized spacial score (nSPS) is 10.8. The maximum Gasteiger partial charge on any atom is 0.137 e. The molecule has 0 aliphatic heterocycles. The number of pyridine rings is 1. The fourth-order valence-corrected chi connectivity index (χ4v) is 4.65. The zero-order valence-electron chi connectivity index (χ0n) is 20.8. The highest BCUT2D eigenvalue weighted by atomic mass is 15.1. The van der Waals surface area contributed by atoms with Gasteiger partial charge in [0.15, 0.2) is 0 Å². The number of nitrogens with zero attached hydrogens (tertiary/aromatic N) is 3. The Hall–Kier alpha value is -3.33. The quantitative estimate of drug-likeness (QED) is 0.241. The van der Waals surface area contributed by atoms with Gasteiger partial charge < -0.3 is 0 Å². The number of rotatable bonds is 6. The Morgan fingerprint density at radius 2 is 0.938 bits per heavy atom. The van der Waals surface area contributed by atoms with Crippen LogP contribution in [0.3, 0.4) is 0 Å². The summed E-state index contributed by atoms with van der Waals surface area (Å²) in [5.41, 5.74) is 11.4. The zero-order chi connectivity index (χ0) is 23.7. The third-order valence-corrected chi connectivity index (χ3v) is 6.11. The van der Waals surface area contributed by atoms with Gasteiger partial charge in [0.05, 0.1) is 13.4 Å². The summed E-state index contributed by atoms with van der Waals surface area (Å²) in [6.45, 7) is 25.6. The molecule has 0 saturated carbocycles. The van der Waals surface area contributed by atoms with E-state index in [1.807, 2.05) is 21.3 Å². The first-order valence-electron chi connectivity index (χ1n) is 11.0. The molecule has 32 heavy (non-hydrogen) atoms. The lowest BCUT2D eigenvalue weighted by Gasteiger charge is -2.23. The number of benzene rings is 2. The van der Waals surface area contributed by atoms with Crippen LogP contribution in [0.5, 0.6) is 0 Å². The molecule has 3 heteroatoms. The van der Waals surface area contributed by atoms with Gasteiger partial charge in [-0.05, 0) is 77.6 Å². The van der Waals surface area contributed by atoms with Crippen molar-refractivity contribution in [3.8, 4) is 0 Å². The molecule has 0 bridgehead atoms. The Morgan fingerprint density at radius 3 is 1.25 bits per heavy atom. The number of hydrogen-bond acceptors (Lipinski definition) is 1. The summed E-state index contributed by atoms with van der Waals surface area (Å²) >= 11 is 0. The summed E-state index contributed by atoms with van der Waals surface area (Å²) in [6.07, 6.45) is 0. The van der Waals surface area contributed by atoms with E-state index in [0.717, 1.165) is 34.8 Å². The predicted octanol–water partition coefficient (Wildman–Crippen LogP) is 6.82. The number of aryl methyl sites for hydroxylation is 6. The Morgan fingerprint density at radius 1 is 0.625 bits per heavy atom. The molecule has 166 valence electrons. The first kappa shape index (κ1) is 23.3. The number of aromatic nitrogens is 1. The monoisotopic (exact) mass is 425 g/mol. The van der Waals surface area contributed by atoms with E-state index in [9.17, 15) is 0 Å². The molecule has 0 unspecified atom stereocenters. The molecule has 0 aliphatic rings. The highest BCUT2D eigenvalue weighted by Gasteiger charge is 2.21. The van der Waals surface area contributed by atoms with Crippen molar-refractivity contribution in [2.75, 3.05) is 0 Å². The second kappa shape index (κ2) is 9.04. The van der Waals surface area contributed by atoms with Gasteiger partial charge in [0.25, 0.3) is 0 Å². The van der Waals surface area contributed by atoms with Crippen molar-refractivity contribution in [2.24, 2.45) is 0 Å². The van der Waals surface area contributed by atoms with Gasteiger partial charge in [0.2, 0.25) is 0 Å². The van der Waals surface area contributed by atoms with Crippen LogP contribution in [0, 0.1) is 53.6 Å². The topological polar surface area (TPSA) is 18.9 Å². The molecule has 3 aromatic rings. The third kappa shape index (κ3) is 4.47. The van der Waals surface area contributed by atoms with Crippen LogP contribution in [-0.2, 0) is 0 Å². The average molecular weight is 426 g/mol. The van der Waals surface area contributed by atoms with E-state index in [1.54, 1.807) is 0 Å². The molecule has 2 aromatic carbocycles. The molecule has 0 aliphatic carbocycles. The van der Waals surface area contributed by atoms with E-state index in [0.29, 0.717) is 0 Å². The predicted molar refractivity (Wildman–Crippen MR) is 136 cm³/mol. The van der Waals surface area contributed by atoms with Crippen LogP contribution < -0.4 is 0 Å². The largest absolute Gasteiger partial charge is 0.290 e. The average Bonchev–Trinajstić information content (AvgIpc) is 2.71. The smallest absolute Gasteiger partial charge is 0.137 e. The van der Waals surface area contributed by atoms with Crippen molar-refractivity contribution >= 4 is 24.8 Å². The van der Waals surface area contributed by atoms with Gasteiger partial charge in [-0.2, -0.15) is 0 Å². The second-order valence-electron chi connectivity index (χ2n) is 8.93. The van der Waals surface area contributed by atoms with Gasteiger partial charge in [-0.1, -0.05) is 35.4 Å². The molecule has 1 aromatic heterocycles. The van der Waals surface area contributed by atoms with Gasteiger partial charge in [0, 0.05) is 11.4 Å². The van der Waals surface area contributed by atoms with Crippen LogP contribution in [0.15, 0.2) is 42.5 Å². The van der Waals surface area contributed by atoms with E-state index in [4.69, 9.17) is 4.98 Å². The van der Waals surface area contributed by atoms with Crippen molar-refractivity contribution in [3.05, 3.63) is 99.3 Å². The third-order valence-electron chi connectivity index (χ3n) is 6.11. The van der Waals surface area contributed by atoms with Crippen molar-refractivity contribution in [1.29, 1.82) is 0 Å². The molecular weight excluding hydrogens is 390 g/mol. The summed E-state index contributed by atoms with van der Waals surface area (Å²) in [5, 5.41) is 0. The van der Waals surface area contributed by atoms with E-state index >= 15 is 0 Å². The van der Waals surface area contributed by atoms with Crippen LogP contribution >= 0.6 is 0 Å². The van der Waals surface area contributed by atoms with Crippen molar-refractivity contribution in [3.63, 3.8) is 0 Å². The molecule has 0 amide bonds. The lowest BCUT2D eigenvalue weighted by Crippen LogP contribution is -2.18. The lowest BCUT2D eigenvalue weighted by molar-refractivity contribution is -0.410. The van der Waals surface area contributed by atoms with E-state index in [-0.39, 0.29) is 0 Å². The molecule has 0 N–H and O–H groups in total. The molecule has 0 spiro atoms. The minimum Gasteiger partial charge on any atom is -0.290 e. The molecule has 0 radical (unpaired) electrons. The Labute approximate surface area is 193 Å². The first-order valence-corrected chi connectivity index (χ1v) is 11.0. The summed E-state index contributed by atoms with van der Waals surface area (Å²) < 4.78 is 4.00. The van der Waals surface area contributed by atoms with Gasteiger partial charge >= 0.3 is 0 Å². The standard InChI is InChI=1S/C29H35N3/c1-18-14-20(3)28(21(4)15-18)31(9)24(7)26-12-11-13-27(30-26)25(8)32(10)29-22(5)16-19(2)17-23(29)6/h11-17H,9-10H2,1-8H3. The molecule has 3 rings (SSSR count). The minimum absolute atomic E-state index is 0.905. The molecule has 1 heterocycles. The lowest BCUT2D eigenvalue weighted by atomic mass is 10.0. The van der Waals surface area contributed by atoms with E-state index in [2.05, 4.69) is 99.2 Å². The Kier molecular flexibility index (Phi) is 6.59. The summed E-state index contributed by atoms with van der Waals surface area (Å²) in [4.78, 5) is 4.98. The van der Waals surface area contributed by atoms with Crippen LogP contribution in [0.2, 0.25) is 0 Å². The highest BCUT2D eigenvalue weighted by molar-refractivity contribution is 5.52. The molecule has 3 nitrogen and oxygen atoms in total. The minimum atomic E-state index is 0.905. The van der Waals surface area contributed by atoms with Crippen molar-refractivity contribution < 1.29 is 9.15 Å². The fourth-order valence-electron chi connectivity index (χ4n) is 4.65. The Bertz CT molecular complexity index is 1070. The van der Waals surface area contributed by atoms with Crippen molar-refractivity contribution in [1.82, 2.24) is 4.98 Å². The molecule has 0 fully saturated rings. The second-order valence-corrected chi connectivity index (χ2v) is 8.93. The SMILES string of the molecule is C=[N+](c1c(C)cc(C)cc1C)[C-](C)c1cccc([C-](C)[N+](=C)c2c(C)cc(C)cc2C)n1. The van der Waals surface area contributed by atoms with E-state index < -0.39 is 0 Å². The van der Waals surface area contributed by atoms with Gasteiger partial charge in [-0.25, -0.2) is 0 Å². The Balaban J connectivity index is 1.93. The van der Waals surface area contributed by atoms with Crippen LogP contribution in [-0.4, -0.2) is 27.6 Å². The number of hydrogen-bond donors (Lipinski definition) is 0. The molecule has 0 saturated heterocycles. The first-order chi connectivity index (χ1) is 15.0. The highest BCUT2D eigenvalue weighted by Crippen LogP contribution is 2.32. The van der Waals surface area contributed by atoms with Gasteiger partial charge in [-0.15, -0.1) is 18.2 Å². The molecule has 0 atom stereocenters. The maximum absolute atomic E-state index is 4.98. The van der Waals surface area contributed by atoms with Crippen LogP contribution in [0.1, 0.15) is 58.6 Å². The van der Waals surface area contributed by atoms with E-state index in [1.165, 1.54) is 33.4 Å². The van der Waals surface area contributed by atoms with Crippen LogP contribution in [0.4, 0.5) is 11.4 Å². The van der Waals surface area contributed by atoms with Crippen molar-refractivity contribution in [2.45, 2.75) is 55.4 Å². The zero-order valence-corrected chi connectivity index (χ0v) is 20.8. The fraction of sp³-hybridized carbons (Fsp3) is 0.276. The summed E-state index contributed by atoms with van der Waals surface area (Å²) in [6, 6.07) is 16.9. The van der Waals surface area contributed by atoms with Crippen LogP contribution in [0.25, 0.3) is 0 Å². The maximum atomic E-state index is 4.98. The molecular formula is C29H35N3. The van der Waals surface area contributed by atoms with Gasteiger partial charge in [0.1, 0.15) is 23.5 Å². The summed E-state index contributed by atoms with van der Waals surface area (Å²) in [7, 11) is 0. The summed E-state index contributed by atoms with van der Waals surface area (Å²) in [5.74, 6) is 0.